The normalized spacial score (nSPS) is 14.2. The third-order valence-electron chi connectivity index (χ3n) is 2.19. The molecule has 0 aliphatic heterocycles. The molecule has 0 saturated carbocycles. The van der Waals surface area contributed by atoms with Crippen LogP contribution in [0.15, 0.2) is 9.85 Å². The van der Waals surface area contributed by atoms with E-state index in [1.54, 1.807) is 0 Å². The van der Waals surface area contributed by atoms with Crippen LogP contribution in [0, 0.1) is 5.92 Å². The maximum absolute atomic E-state index is 12.6. The van der Waals surface area contributed by atoms with Gasteiger partial charge in [-0.15, -0.1) is 13.2 Å². The Hall–Kier alpha value is -0.700. The fraction of sp³-hybridized carbons (Fsp3) is 0.778. The van der Waals surface area contributed by atoms with Crippen LogP contribution in [-0.4, -0.2) is 24.4 Å². The molecule has 0 N–H and O–H groups in total. The highest BCUT2D eigenvalue weighted by atomic mass is 32.3. The minimum atomic E-state index is -4.63. The van der Waals surface area contributed by atoms with Gasteiger partial charge in [0.1, 0.15) is 10.5 Å². The molecule has 0 amide bonds. The monoisotopic (exact) mass is 303 g/mol. The molecule has 0 aromatic carbocycles. The van der Waals surface area contributed by atoms with Crippen LogP contribution in [-0.2, 0) is 15.3 Å². The lowest BCUT2D eigenvalue weighted by Gasteiger charge is -2.03. The number of alkyl halides is 3. The summed E-state index contributed by atoms with van der Waals surface area (Å²) in [5, 5.41) is 6.24. The summed E-state index contributed by atoms with van der Waals surface area (Å²) < 4.78 is 60.4. The van der Waals surface area contributed by atoms with Crippen molar-refractivity contribution >= 4 is 20.3 Å². The Morgan fingerprint density at radius 3 is 2.50 bits per heavy atom. The van der Waals surface area contributed by atoms with Crippen LogP contribution in [0.5, 0.6) is 0 Å². The van der Waals surface area contributed by atoms with Gasteiger partial charge in [-0.05, 0) is 18.8 Å². The minimum absolute atomic E-state index is 0.308. The lowest BCUT2D eigenvalue weighted by Crippen LogP contribution is -2.10. The van der Waals surface area contributed by atoms with E-state index in [1.165, 1.54) is 0 Å². The molecule has 0 bridgehead atoms. The Kier molecular flexibility index (Phi) is 4.71. The van der Waals surface area contributed by atoms with Gasteiger partial charge in [0.2, 0.25) is 9.84 Å². The van der Waals surface area contributed by atoms with Crippen molar-refractivity contribution in [2.45, 2.75) is 36.5 Å². The Balaban J connectivity index is 2.90. The molecule has 104 valence electrons. The van der Waals surface area contributed by atoms with Gasteiger partial charge in [0.25, 0.3) is 5.51 Å². The predicted molar refractivity (Wildman–Crippen MR) is 61.9 cm³/mol. The first-order valence-corrected chi connectivity index (χ1v) is 8.22. The Morgan fingerprint density at radius 2 is 2.00 bits per heavy atom. The van der Waals surface area contributed by atoms with Gasteiger partial charge < -0.3 is 0 Å². The fourth-order valence-corrected chi connectivity index (χ4v) is 4.67. The van der Waals surface area contributed by atoms with E-state index in [0.29, 0.717) is 24.3 Å². The number of halogens is 3. The van der Waals surface area contributed by atoms with Gasteiger partial charge in [-0.3, -0.25) is 0 Å². The molecule has 1 aromatic heterocycles. The summed E-state index contributed by atoms with van der Waals surface area (Å²) in [4.78, 5) is 0. The van der Waals surface area contributed by atoms with Crippen molar-refractivity contribution in [1.82, 2.24) is 10.2 Å². The first-order valence-electron chi connectivity index (χ1n) is 5.28. The molecular weight excluding hydrogens is 289 g/mol. The maximum atomic E-state index is 12.6. The highest BCUT2D eigenvalue weighted by Gasteiger charge is 2.50. The average Bonchev–Trinajstić information content (AvgIpc) is 2.64. The SMILES string of the molecule is CC(C)CCCS(=O)(=O)c1nnc[s+]1C(F)(F)F. The Morgan fingerprint density at radius 1 is 1.39 bits per heavy atom. The second-order valence-electron chi connectivity index (χ2n) is 4.23. The topological polar surface area (TPSA) is 59.9 Å². The molecule has 1 heterocycles. The summed E-state index contributed by atoms with van der Waals surface area (Å²) in [7, 11) is -6.47. The summed E-state index contributed by atoms with van der Waals surface area (Å²) in [6.07, 6.45) is 0.973. The van der Waals surface area contributed by atoms with E-state index in [0.717, 1.165) is 0 Å². The van der Waals surface area contributed by atoms with Gasteiger partial charge in [-0.2, -0.15) is 0 Å². The van der Waals surface area contributed by atoms with Crippen LogP contribution >= 0.6 is 10.5 Å². The van der Waals surface area contributed by atoms with Crippen molar-refractivity contribution in [3.63, 3.8) is 0 Å². The van der Waals surface area contributed by atoms with Crippen molar-refractivity contribution in [2.24, 2.45) is 5.92 Å². The number of rotatable bonds is 5. The molecular formula is C9H14F3N2O2S2+. The molecule has 18 heavy (non-hydrogen) atoms. The fourth-order valence-electron chi connectivity index (χ4n) is 1.33. The largest absolute Gasteiger partial charge is 0.604 e. The lowest BCUT2D eigenvalue weighted by atomic mass is 10.1. The Labute approximate surface area is 106 Å². The standard InChI is InChI=1S/C9H14F3N2O2S2/c1-7(2)4-3-5-18(15,16)8-14-13-6-17(8)9(10,11)12/h6-7H,3-5H2,1-2H3/q+1. The highest BCUT2D eigenvalue weighted by Crippen LogP contribution is 2.45. The maximum Gasteiger partial charge on any atom is 0.604 e. The first kappa shape index (κ1) is 15.4. The summed E-state index contributed by atoms with van der Waals surface area (Å²) in [5.74, 6) is -0.00437. The molecule has 1 rings (SSSR count). The summed E-state index contributed by atoms with van der Waals surface area (Å²) in [6.45, 7) is 3.84. The van der Waals surface area contributed by atoms with E-state index in [9.17, 15) is 21.6 Å². The van der Waals surface area contributed by atoms with Crippen LogP contribution < -0.4 is 0 Å². The van der Waals surface area contributed by atoms with E-state index < -0.39 is 30.2 Å². The van der Waals surface area contributed by atoms with Crippen LogP contribution in [0.4, 0.5) is 13.2 Å². The second kappa shape index (κ2) is 5.52. The zero-order valence-corrected chi connectivity index (χ0v) is 11.6. The summed E-state index contributed by atoms with van der Waals surface area (Å²) in [5.41, 5.74) is -4.08. The molecule has 4 nitrogen and oxygen atoms in total. The van der Waals surface area contributed by atoms with E-state index in [-0.39, 0.29) is 5.75 Å². The van der Waals surface area contributed by atoms with Gasteiger partial charge in [-0.25, -0.2) is 8.42 Å². The molecule has 1 aromatic rings. The Bertz CT molecular complexity index is 494. The van der Waals surface area contributed by atoms with Crippen LogP contribution in [0.2, 0.25) is 0 Å². The smallest absolute Gasteiger partial charge is 0.217 e. The number of hydrogen-bond acceptors (Lipinski definition) is 4. The molecule has 1 unspecified atom stereocenters. The van der Waals surface area contributed by atoms with Gasteiger partial charge in [0.05, 0.1) is 5.75 Å². The number of sulfone groups is 1. The van der Waals surface area contributed by atoms with Crippen LogP contribution in [0.25, 0.3) is 0 Å². The van der Waals surface area contributed by atoms with E-state index in [2.05, 4.69) is 10.2 Å². The van der Waals surface area contributed by atoms with E-state index in [1.807, 2.05) is 13.8 Å². The van der Waals surface area contributed by atoms with Crippen molar-refractivity contribution in [3.05, 3.63) is 5.51 Å². The molecule has 0 radical (unpaired) electrons. The molecule has 0 aliphatic carbocycles. The van der Waals surface area contributed by atoms with E-state index in [4.69, 9.17) is 0 Å². The quantitative estimate of drug-likeness (QED) is 0.785. The lowest BCUT2D eigenvalue weighted by molar-refractivity contribution is -0.0875. The van der Waals surface area contributed by atoms with Crippen molar-refractivity contribution in [2.75, 3.05) is 5.75 Å². The van der Waals surface area contributed by atoms with Crippen LogP contribution in [0.1, 0.15) is 26.7 Å². The third-order valence-corrected chi connectivity index (χ3v) is 6.19. The minimum Gasteiger partial charge on any atom is -0.217 e. The zero-order valence-electron chi connectivity index (χ0n) is 9.94. The number of hydrogen-bond donors (Lipinski definition) is 0. The van der Waals surface area contributed by atoms with E-state index >= 15 is 0 Å². The molecule has 9 heteroatoms. The van der Waals surface area contributed by atoms with Crippen LogP contribution in [0.3, 0.4) is 0 Å². The third kappa shape index (κ3) is 3.91. The number of nitrogens with zero attached hydrogens (tertiary/aromatic N) is 2. The first-order chi connectivity index (χ1) is 8.14. The molecule has 0 aliphatic rings. The predicted octanol–water partition coefficient (Wildman–Crippen LogP) is 2.91. The van der Waals surface area contributed by atoms with Crippen molar-refractivity contribution in [3.8, 4) is 0 Å². The second-order valence-corrected chi connectivity index (χ2v) is 8.24. The van der Waals surface area contributed by atoms with Crippen molar-refractivity contribution < 1.29 is 21.6 Å². The number of aromatic nitrogens is 2. The van der Waals surface area contributed by atoms with Gasteiger partial charge in [-0.1, -0.05) is 24.0 Å². The average molecular weight is 303 g/mol. The molecule has 0 saturated heterocycles. The van der Waals surface area contributed by atoms with Gasteiger partial charge >= 0.3 is 9.85 Å². The summed E-state index contributed by atoms with van der Waals surface area (Å²) >= 11 is 0. The zero-order chi connectivity index (χ0) is 14.0. The van der Waals surface area contributed by atoms with Gasteiger partial charge in [0, 0.05) is 0 Å². The van der Waals surface area contributed by atoms with Crippen molar-refractivity contribution in [1.29, 1.82) is 0 Å². The molecule has 0 fully saturated rings. The summed E-state index contributed by atoms with van der Waals surface area (Å²) in [6, 6.07) is 0. The molecule has 1 atom stereocenters. The molecule has 0 spiro atoms. The van der Waals surface area contributed by atoms with Gasteiger partial charge in [0.15, 0.2) is 0 Å². The highest BCUT2D eigenvalue weighted by molar-refractivity contribution is 7.93.